The maximum Gasteiger partial charge on any atom is 0.328 e. The lowest BCUT2D eigenvalue weighted by Gasteiger charge is -2.33. The molecule has 21 heavy (non-hydrogen) atoms. The van der Waals surface area contributed by atoms with E-state index in [0.29, 0.717) is 23.7 Å². The zero-order valence-electron chi connectivity index (χ0n) is 11.9. The summed E-state index contributed by atoms with van der Waals surface area (Å²) < 4.78 is 15.4. The van der Waals surface area contributed by atoms with Crippen molar-refractivity contribution in [1.82, 2.24) is 4.90 Å². The summed E-state index contributed by atoms with van der Waals surface area (Å²) in [5.41, 5.74) is 0.319. The summed E-state index contributed by atoms with van der Waals surface area (Å²) in [6.07, 6.45) is 0. The van der Waals surface area contributed by atoms with E-state index >= 15 is 0 Å². The van der Waals surface area contributed by atoms with Crippen LogP contribution in [0.1, 0.15) is 10.4 Å². The van der Waals surface area contributed by atoms with Crippen molar-refractivity contribution in [2.45, 2.75) is 6.04 Å². The molecule has 0 aromatic heterocycles. The molecule has 1 aliphatic heterocycles. The molecule has 0 bridgehead atoms. The summed E-state index contributed by atoms with van der Waals surface area (Å²) in [6, 6.07) is 3.77. The van der Waals surface area contributed by atoms with E-state index in [1.54, 1.807) is 18.2 Å². The van der Waals surface area contributed by atoms with Crippen molar-refractivity contribution in [3.8, 4) is 11.5 Å². The number of carbonyl (C=O) groups is 2. The van der Waals surface area contributed by atoms with Crippen LogP contribution >= 0.6 is 0 Å². The second-order valence-electron chi connectivity index (χ2n) is 4.53. The predicted octanol–water partition coefficient (Wildman–Crippen LogP) is 0.629. The molecule has 1 aliphatic rings. The molecule has 2 rings (SSSR count). The highest BCUT2D eigenvalue weighted by Gasteiger charge is 2.33. The smallest absolute Gasteiger partial charge is 0.328 e. The minimum atomic E-state index is -1.09. The first-order valence-corrected chi connectivity index (χ1v) is 6.41. The number of methoxy groups -OCH3 is 2. The van der Waals surface area contributed by atoms with Crippen molar-refractivity contribution in [3.05, 3.63) is 23.8 Å². The third-order valence-electron chi connectivity index (χ3n) is 3.27. The zero-order valence-corrected chi connectivity index (χ0v) is 11.9. The van der Waals surface area contributed by atoms with E-state index in [1.165, 1.54) is 19.1 Å². The topological polar surface area (TPSA) is 85.3 Å². The molecule has 114 valence electrons. The summed E-state index contributed by atoms with van der Waals surface area (Å²) in [4.78, 5) is 25.1. The number of rotatable bonds is 4. The van der Waals surface area contributed by atoms with E-state index in [4.69, 9.17) is 14.2 Å². The molecular formula is C14H17NO6. The normalized spacial score (nSPS) is 18.2. The lowest BCUT2D eigenvalue weighted by molar-refractivity contribution is -0.147. The number of morpholine rings is 1. The van der Waals surface area contributed by atoms with Crippen LogP contribution in [-0.4, -0.2) is 61.9 Å². The quantitative estimate of drug-likeness (QED) is 0.877. The standard InChI is InChI=1S/C14H17NO6/c1-19-10-5-9(6-11(7-10)20-2)13(16)15-3-4-21-8-12(15)14(17)18/h5-7,12H,3-4,8H2,1-2H3,(H,17,18)/t12-/m1/s1. The van der Waals surface area contributed by atoms with Gasteiger partial charge in [0.2, 0.25) is 0 Å². The lowest BCUT2D eigenvalue weighted by atomic mass is 10.1. The van der Waals surface area contributed by atoms with Crippen LogP contribution in [0, 0.1) is 0 Å². The van der Waals surface area contributed by atoms with Crippen LogP contribution in [-0.2, 0) is 9.53 Å². The molecule has 1 aromatic rings. The van der Waals surface area contributed by atoms with Gasteiger partial charge in [-0.2, -0.15) is 0 Å². The van der Waals surface area contributed by atoms with Crippen molar-refractivity contribution >= 4 is 11.9 Å². The first kappa shape index (κ1) is 15.1. The second kappa shape index (κ2) is 6.45. The molecule has 7 nitrogen and oxygen atoms in total. The van der Waals surface area contributed by atoms with Crippen molar-refractivity contribution in [2.24, 2.45) is 0 Å². The highest BCUT2D eigenvalue weighted by atomic mass is 16.5. The summed E-state index contributed by atoms with van der Waals surface area (Å²) in [7, 11) is 2.97. The third kappa shape index (κ3) is 3.25. The fraction of sp³-hybridized carbons (Fsp3) is 0.429. The Kier molecular flexibility index (Phi) is 4.64. The average molecular weight is 295 g/mol. The number of carboxylic acid groups (broad SMARTS) is 1. The van der Waals surface area contributed by atoms with Gasteiger partial charge in [0.05, 0.1) is 27.4 Å². The molecule has 0 unspecified atom stereocenters. The second-order valence-corrected chi connectivity index (χ2v) is 4.53. The Balaban J connectivity index is 2.31. The Bertz CT molecular complexity index is 522. The molecule has 1 heterocycles. The fourth-order valence-electron chi connectivity index (χ4n) is 2.15. The number of carboxylic acids is 1. The number of ether oxygens (including phenoxy) is 3. The van der Waals surface area contributed by atoms with Gasteiger partial charge < -0.3 is 24.2 Å². The average Bonchev–Trinajstić information content (AvgIpc) is 2.53. The van der Waals surface area contributed by atoms with E-state index in [0.717, 1.165) is 0 Å². The summed E-state index contributed by atoms with van der Waals surface area (Å²) >= 11 is 0. The minimum Gasteiger partial charge on any atom is -0.497 e. The number of aliphatic carboxylic acids is 1. The van der Waals surface area contributed by atoms with Crippen LogP contribution in [0.5, 0.6) is 11.5 Å². The number of benzene rings is 1. The largest absolute Gasteiger partial charge is 0.497 e. The Labute approximate surface area is 122 Å². The number of amides is 1. The van der Waals surface area contributed by atoms with E-state index in [2.05, 4.69) is 0 Å². The molecule has 1 saturated heterocycles. The van der Waals surface area contributed by atoms with Gasteiger partial charge in [-0.1, -0.05) is 0 Å². The molecule has 0 saturated carbocycles. The summed E-state index contributed by atoms with van der Waals surface area (Å²) in [5, 5.41) is 9.18. The number of nitrogens with zero attached hydrogens (tertiary/aromatic N) is 1. The van der Waals surface area contributed by atoms with E-state index < -0.39 is 12.0 Å². The molecule has 0 aliphatic carbocycles. The Morgan fingerprint density at radius 1 is 1.24 bits per heavy atom. The van der Waals surface area contributed by atoms with E-state index in [1.807, 2.05) is 0 Å². The van der Waals surface area contributed by atoms with Crippen LogP contribution in [0.4, 0.5) is 0 Å². The fourth-order valence-corrected chi connectivity index (χ4v) is 2.15. The number of hydrogen-bond donors (Lipinski definition) is 1. The molecule has 0 radical (unpaired) electrons. The molecule has 0 spiro atoms. The van der Waals surface area contributed by atoms with Crippen molar-refractivity contribution < 1.29 is 28.9 Å². The van der Waals surface area contributed by atoms with Crippen LogP contribution in [0.15, 0.2) is 18.2 Å². The molecule has 1 fully saturated rings. The minimum absolute atomic E-state index is 0.0117. The Morgan fingerprint density at radius 3 is 2.38 bits per heavy atom. The van der Waals surface area contributed by atoms with Crippen LogP contribution < -0.4 is 9.47 Å². The van der Waals surface area contributed by atoms with Gasteiger partial charge in [0.1, 0.15) is 11.5 Å². The van der Waals surface area contributed by atoms with Gasteiger partial charge >= 0.3 is 5.97 Å². The van der Waals surface area contributed by atoms with E-state index in [9.17, 15) is 14.7 Å². The summed E-state index contributed by atoms with van der Waals surface area (Å²) in [6.45, 7) is 0.536. The van der Waals surface area contributed by atoms with Crippen LogP contribution in [0.2, 0.25) is 0 Å². The van der Waals surface area contributed by atoms with Crippen molar-refractivity contribution in [3.63, 3.8) is 0 Å². The Hall–Kier alpha value is -2.28. The highest BCUT2D eigenvalue weighted by molar-refractivity contribution is 5.97. The highest BCUT2D eigenvalue weighted by Crippen LogP contribution is 2.24. The van der Waals surface area contributed by atoms with Crippen molar-refractivity contribution in [2.75, 3.05) is 34.0 Å². The SMILES string of the molecule is COc1cc(OC)cc(C(=O)N2CCOC[C@@H]2C(=O)O)c1. The van der Waals surface area contributed by atoms with Gasteiger partial charge in [-0.25, -0.2) is 4.79 Å². The van der Waals surface area contributed by atoms with Crippen LogP contribution in [0.25, 0.3) is 0 Å². The number of carbonyl (C=O) groups excluding carboxylic acids is 1. The van der Waals surface area contributed by atoms with Gasteiger partial charge in [0.15, 0.2) is 6.04 Å². The summed E-state index contributed by atoms with van der Waals surface area (Å²) in [5.74, 6) is -0.531. The van der Waals surface area contributed by atoms with Gasteiger partial charge in [-0.3, -0.25) is 4.79 Å². The monoisotopic (exact) mass is 295 g/mol. The van der Waals surface area contributed by atoms with Gasteiger partial charge in [-0.15, -0.1) is 0 Å². The van der Waals surface area contributed by atoms with E-state index in [-0.39, 0.29) is 19.1 Å². The van der Waals surface area contributed by atoms with Gasteiger partial charge in [0.25, 0.3) is 5.91 Å². The maximum absolute atomic E-state index is 12.5. The number of hydrogen-bond acceptors (Lipinski definition) is 5. The molecule has 1 N–H and O–H groups in total. The zero-order chi connectivity index (χ0) is 15.4. The van der Waals surface area contributed by atoms with Crippen LogP contribution in [0.3, 0.4) is 0 Å². The van der Waals surface area contributed by atoms with Gasteiger partial charge in [0, 0.05) is 18.2 Å². The molecule has 1 atom stereocenters. The molecule has 7 heteroatoms. The Morgan fingerprint density at radius 2 is 1.86 bits per heavy atom. The molecule has 1 amide bonds. The molecule has 1 aromatic carbocycles. The predicted molar refractivity (Wildman–Crippen MR) is 72.8 cm³/mol. The maximum atomic E-state index is 12.5. The van der Waals surface area contributed by atoms with Crippen molar-refractivity contribution in [1.29, 1.82) is 0 Å². The molecular weight excluding hydrogens is 278 g/mol. The first-order chi connectivity index (χ1) is 10.1. The van der Waals surface area contributed by atoms with Gasteiger partial charge in [-0.05, 0) is 12.1 Å². The first-order valence-electron chi connectivity index (χ1n) is 6.41. The lowest BCUT2D eigenvalue weighted by Crippen LogP contribution is -2.52. The third-order valence-corrected chi connectivity index (χ3v) is 3.27.